The summed E-state index contributed by atoms with van der Waals surface area (Å²) in [5.74, 6) is 1.20. The molecule has 2 heterocycles. The third kappa shape index (κ3) is 3.60. The van der Waals surface area contributed by atoms with Gasteiger partial charge < -0.3 is 9.26 Å². The molecule has 1 atom stereocenters. The third-order valence-corrected chi connectivity index (χ3v) is 5.17. The van der Waals surface area contributed by atoms with Gasteiger partial charge in [-0.3, -0.25) is 0 Å². The number of aromatic nitrogens is 2. The summed E-state index contributed by atoms with van der Waals surface area (Å²) in [5.41, 5.74) is 0.692. The lowest BCUT2D eigenvalue weighted by Crippen LogP contribution is -2.24. The summed E-state index contributed by atoms with van der Waals surface area (Å²) in [6, 6.07) is 6.41. The second kappa shape index (κ2) is 6.77. The Morgan fingerprint density at radius 2 is 2.09 bits per heavy atom. The van der Waals surface area contributed by atoms with E-state index in [9.17, 15) is 8.42 Å². The number of benzene rings is 1. The first-order chi connectivity index (χ1) is 11.1. The zero-order valence-electron chi connectivity index (χ0n) is 12.9. The Hall–Kier alpha value is -1.77. The molecule has 0 radical (unpaired) electrons. The highest BCUT2D eigenvalue weighted by atomic mass is 32.2. The fourth-order valence-electron chi connectivity index (χ4n) is 2.35. The highest BCUT2D eigenvalue weighted by Crippen LogP contribution is 2.26. The molecule has 7 nitrogen and oxygen atoms in total. The van der Waals surface area contributed by atoms with Gasteiger partial charge in [0.2, 0.25) is 10.0 Å². The van der Waals surface area contributed by atoms with Gasteiger partial charge in [-0.15, -0.1) is 0 Å². The van der Waals surface area contributed by atoms with E-state index in [1.165, 1.54) is 12.1 Å². The largest absolute Gasteiger partial charge is 0.381 e. The van der Waals surface area contributed by atoms with Gasteiger partial charge in [0, 0.05) is 24.6 Å². The Balaban J connectivity index is 1.77. The number of hydrogen-bond donors (Lipinski definition) is 1. The highest BCUT2D eigenvalue weighted by molar-refractivity contribution is 7.89. The molecule has 1 unspecified atom stereocenters. The van der Waals surface area contributed by atoms with Crippen molar-refractivity contribution in [3.05, 3.63) is 30.1 Å². The van der Waals surface area contributed by atoms with Gasteiger partial charge in [0.1, 0.15) is 0 Å². The summed E-state index contributed by atoms with van der Waals surface area (Å²) in [6.45, 7) is 3.65. The fraction of sp³-hybridized carbons (Fsp3) is 0.467. The maximum atomic E-state index is 12.0. The van der Waals surface area contributed by atoms with Crippen molar-refractivity contribution in [2.75, 3.05) is 19.8 Å². The molecule has 0 bridgehead atoms. The van der Waals surface area contributed by atoms with E-state index in [2.05, 4.69) is 14.9 Å². The van der Waals surface area contributed by atoms with Gasteiger partial charge in [-0.2, -0.15) is 4.98 Å². The third-order valence-electron chi connectivity index (χ3n) is 3.69. The van der Waals surface area contributed by atoms with Crippen molar-refractivity contribution in [2.45, 2.75) is 30.6 Å². The maximum absolute atomic E-state index is 12.0. The molecular formula is C15H19N3O4S. The van der Waals surface area contributed by atoms with E-state index in [1.54, 1.807) is 12.1 Å². The summed E-state index contributed by atoms with van der Waals surface area (Å²) in [7, 11) is -3.46. The van der Waals surface area contributed by atoms with E-state index < -0.39 is 10.0 Å². The molecule has 1 aromatic heterocycles. The molecule has 3 rings (SSSR count). The summed E-state index contributed by atoms with van der Waals surface area (Å²) in [4.78, 5) is 4.60. The van der Waals surface area contributed by atoms with Crippen LogP contribution in [0, 0.1) is 0 Å². The summed E-state index contributed by atoms with van der Waals surface area (Å²) in [5, 5.41) is 3.99. The number of hydrogen-bond acceptors (Lipinski definition) is 6. The predicted molar refractivity (Wildman–Crippen MR) is 83.4 cm³/mol. The monoisotopic (exact) mass is 337 g/mol. The van der Waals surface area contributed by atoms with E-state index in [4.69, 9.17) is 9.26 Å². The Morgan fingerprint density at radius 1 is 1.30 bits per heavy atom. The summed E-state index contributed by atoms with van der Waals surface area (Å²) >= 11 is 0. The first-order valence-electron chi connectivity index (χ1n) is 7.61. The van der Waals surface area contributed by atoms with Gasteiger partial charge in [-0.05, 0) is 37.1 Å². The van der Waals surface area contributed by atoms with Crippen LogP contribution in [0.15, 0.2) is 33.7 Å². The fourth-order valence-corrected chi connectivity index (χ4v) is 3.49. The maximum Gasteiger partial charge on any atom is 0.257 e. The van der Waals surface area contributed by atoms with Crippen molar-refractivity contribution in [1.29, 1.82) is 0 Å². The van der Waals surface area contributed by atoms with Crippen LogP contribution < -0.4 is 4.72 Å². The molecule has 8 heteroatoms. The molecule has 1 fully saturated rings. The van der Waals surface area contributed by atoms with E-state index in [0.29, 0.717) is 37.0 Å². The van der Waals surface area contributed by atoms with Crippen LogP contribution >= 0.6 is 0 Å². The van der Waals surface area contributed by atoms with Gasteiger partial charge in [-0.25, -0.2) is 13.1 Å². The molecular weight excluding hydrogens is 318 g/mol. The molecule has 0 amide bonds. The number of nitrogens with zero attached hydrogens (tertiary/aromatic N) is 2. The number of sulfonamides is 1. The minimum Gasteiger partial charge on any atom is -0.381 e. The molecule has 1 saturated heterocycles. The van der Waals surface area contributed by atoms with E-state index in [1.807, 2.05) is 6.92 Å². The normalized spacial score (nSPS) is 18.4. The van der Waals surface area contributed by atoms with Crippen LogP contribution in [0.3, 0.4) is 0 Å². The average molecular weight is 337 g/mol. The van der Waals surface area contributed by atoms with Crippen LogP contribution in [0.5, 0.6) is 0 Å². The molecule has 1 aromatic carbocycles. The Labute approximate surface area is 135 Å². The molecule has 0 spiro atoms. The van der Waals surface area contributed by atoms with Crippen molar-refractivity contribution >= 4 is 10.0 Å². The summed E-state index contributed by atoms with van der Waals surface area (Å²) < 4.78 is 37.2. The Morgan fingerprint density at radius 3 is 2.74 bits per heavy atom. The molecule has 124 valence electrons. The standard InChI is InChI=1S/C15H19N3O4S/c1-2-8-16-23(19,20)13-5-3-11(4-6-13)15-17-14(18-22-15)12-7-9-21-10-12/h3-6,12,16H,2,7-10H2,1H3. The Kier molecular flexibility index (Phi) is 4.74. The second-order valence-electron chi connectivity index (χ2n) is 5.44. The van der Waals surface area contributed by atoms with Crippen molar-refractivity contribution < 1.29 is 17.7 Å². The minimum absolute atomic E-state index is 0.172. The first-order valence-corrected chi connectivity index (χ1v) is 9.10. The molecule has 2 aromatic rings. The van der Waals surface area contributed by atoms with Gasteiger partial charge in [0.25, 0.3) is 5.89 Å². The molecule has 0 aliphatic carbocycles. The van der Waals surface area contributed by atoms with E-state index >= 15 is 0 Å². The van der Waals surface area contributed by atoms with Gasteiger partial charge in [-0.1, -0.05) is 12.1 Å². The van der Waals surface area contributed by atoms with E-state index in [-0.39, 0.29) is 10.8 Å². The van der Waals surface area contributed by atoms with Crippen LogP contribution in [0.1, 0.15) is 31.5 Å². The minimum atomic E-state index is -3.46. The predicted octanol–water partition coefficient (Wildman–Crippen LogP) is 1.93. The molecule has 1 aliphatic heterocycles. The average Bonchev–Trinajstić information content (AvgIpc) is 3.24. The summed E-state index contributed by atoms with van der Waals surface area (Å²) in [6.07, 6.45) is 1.63. The van der Waals surface area contributed by atoms with Crippen LogP contribution in [-0.4, -0.2) is 38.3 Å². The lowest BCUT2D eigenvalue weighted by Gasteiger charge is -2.05. The van der Waals surface area contributed by atoms with Gasteiger partial charge >= 0.3 is 0 Å². The van der Waals surface area contributed by atoms with Gasteiger partial charge in [0.15, 0.2) is 5.82 Å². The number of rotatable bonds is 6. The van der Waals surface area contributed by atoms with Crippen molar-refractivity contribution in [3.8, 4) is 11.5 Å². The van der Waals surface area contributed by atoms with Crippen molar-refractivity contribution in [1.82, 2.24) is 14.9 Å². The first kappa shape index (κ1) is 16.1. The zero-order valence-corrected chi connectivity index (χ0v) is 13.7. The number of ether oxygens (including phenoxy) is 1. The number of nitrogens with one attached hydrogen (secondary N) is 1. The molecule has 1 aliphatic rings. The highest BCUT2D eigenvalue weighted by Gasteiger charge is 2.23. The van der Waals surface area contributed by atoms with Crippen molar-refractivity contribution in [3.63, 3.8) is 0 Å². The van der Waals surface area contributed by atoms with E-state index in [0.717, 1.165) is 12.8 Å². The smallest absolute Gasteiger partial charge is 0.257 e. The van der Waals surface area contributed by atoms with Crippen LogP contribution in [-0.2, 0) is 14.8 Å². The van der Waals surface area contributed by atoms with Crippen LogP contribution in [0.2, 0.25) is 0 Å². The molecule has 23 heavy (non-hydrogen) atoms. The molecule has 1 N–H and O–H groups in total. The zero-order chi connectivity index (χ0) is 16.3. The van der Waals surface area contributed by atoms with Crippen LogP contribution in [0.4, 0.5) is 0 Å². The second-order valence-corrected chi connectivity index (χ2v) is 7.21. The van der Waals surface area contributed by atoms with Crippen LogP contribution in [0.25, 0.3) is 11.5 Å². The van der Waals surface area contributed by atoms with Gasteiger partial charge in [0.05, 0.1) is 11.5 Å². The lowest BCUT2D eigenvalue weighted by molar-refractivity contribution is 0.192. The topological polar surface area (TPSA) is 94.3 Å². The SMILES string of the molecule is CCCNS(=O)(=O)c1ccc(-c2nc(C3CCOC3)no2)cc1. The lowest BCUT2D eigenvalue weighted by atomic mass is 10.1. The Bertz CT molecular complexity index is 749. The molecule has 0 saturated carbocycles. The quantitative estimate of drug-likeness (QED) is 0.865. The van der Waals surface area contributed by atoms with Crippen molar-refractivity contribution in [2.24, 2.45) is 0 Å².